The summed E-state index contributed by atoms with van der Waals surface area (Å²) in [4.78, 5) is 13.5. The van der Waals surface area contributed by atoms with Gasteiger partial charge in [0.1, 0.15) is 12.4 Å². The Balaban J connectivity index is 1.74. The minimum Gasteiger partial charge on any atom is -0.493 e. The van der Waals surface area contributed by atoms with Crippen molar-refractivity contribution in [2.45, 2.75) is 12.3 Å². The molecule has 3 aromatic rings. The number of halogens is 1. The zero-order valence-electron chi connectivity index (χ0n) is 15.9. The number of benzene rings is 2. The van der Waals surface area contributed by atoms with Gasteiger partial charge in [0.2, 0.25) is 5.91 Å². The van der Waals surface area contributed by atoms with E-state index in [0.717, 1.165) is 27.3 Å². The Morgan fingerprint density at radius 2 is 2.14 bits per heavy atom. The van der Waals surface area contributed by atoms with E-state index in [0.29, 0.717) is 24.5 Å². The number of anilines is 1. The Kier molecular flexibility index (Phi) is 5.36. The molecular formula is C23H20FNO3S. The van der Waals surface area contributed by atoms with E-state index >= 15 is 0 Å². The van der Waals surface area contributed by atoms with Crippen molar-refractivity contribution in [2.75, 3.05) is 19.0 Å². The third-order valence-corrected chi connectivity index (χ3v) is 5.97. The van der Waals surface area contributed by atoms with Crippen LogP contribution >= 0.6 is 11.3 Å². The number of carbonyl (C=O) groups excluding carboxylic acids is 1. The number of rotatable bonds is 6. The van der Waals surface area contributed by atoms with Gasteiger partial charge in [-0.3, -0.25) is 4.79 Å². The highest BCUT2D eigenvalue weighted by Gasteiger charge is 2.31. The Labute approximate surface area is 172 Å². The van der Waals surface area contributed by atoms with Gasteiger partial charge in [-0.1, -0.05) is 30.9 Å². The predicted molar refractivity (Wildman–Crippen MR) is 113 cm³/mol. The molecule has 2 heterocycles. The minimum atomic E-state index is -0.305. The second kappa shape index (κ2) is 8.09. The highest BCUT2D eigenvalue weighted by molar-refractivity contribution is 7.11. The lowest BCUT2D eigenvalue weighted by Crippen LogP contribution is -2.22. The molecular weight excluding hydrogens is 389 g/mol. The standard InChI is InChI=1S/C23H20FNO3S/c1-3-9-28-19-8-7-15(11-20(19)27-2)17-12-21(26)25-22-18(13-29-23(17)22)14-5-4-6-16(24)10-14/h3-8,10-11,13,17H,1,9,12H2,2H3,(H,25,26). The molecule has 1 N–H and O–H groups in total. The van der Waals surface area contributed by atoms with Crippen LogP contribution in [0, 0.1) is 5.82 Å². The van der Waals surface area contributed by atoms with Crippen molar-refractivity contribution in [1.82, 2.24) is 0 Å². The smallest absolute Gasteiger partial charge is 0.225 e. The molecule has 4 rings (SSSR count). The number of nitrogens with one attached hydrogen (secondary N) is 1. The number of ether oxygens (including phenoxy) is 2. The predicted octanol–water partition coefficient (Wildman–Crippen LogP) is 5.60. The van der Waals surface area contributed by atoms with Gasteiger partial charge in [0.15, 0.2) is 11.5 Å². The van der Waals surface area contributed by atoms with E-state index in [4.69, 9.17) is 9.47 Å². The molecule has 1 aliphatic heterocycles. The van der Waals surface area contributed by atoms with Crippen LogP contribution < -0.4 is 14.8 Å². The maximum atomic E-state index is 13.7. The molecule has 1 aliphatic rings. The van der Waals surface area contributed by atoms with E-state index in [1.807, 2.05) is 29.6 Å². The minimum absolute atomic E-state index is 0.0653. The molecule has 0 fully saturated rings. The first kappa shape index (κ1) is 19.2. The molecule has 2 aromatic carbocycles. The molecule has 29 heavy (non-hydrogen) atoms. The van der Waals surface area contributed by atoms with Crippen LogP contribution in [-0.4, -0.2) is 19.6 Å². The fourth-order valence-electron chi connectivity index (χ4n) is 3.53. The molecule has 1 unspecified atom stereocenters. The highest BCUT2D eigenvalue weighted by atomic mass is 32.1. The SMILES string of the molecule is C=CCOc1ccc(C2CC(=O)Nc3c(-c4cccc(F)c4)csc32)cc1OC. The maximum Gasteiger partial charge on any atom is 0.225 e. The van der Waals surface area contributed by atoms with Crippen LogP contribution in [0.5, 0.6) is 11.5 Å². The molecule has 6 heteroatoms. The first-order chi connectivity index (χ1) is 14.1. The fraction of sp³-hybridized carbons (Fsp3) is 0.174. The molecule has 0 bridgehead atoms. The third-order valence-electron chi connectivity index (χ3n) is 4.87. The van der Waals surface area contributed by atoms with Crippen molar-refractivity contribution < 1.29 is 18.7 Å². The second-order valence-corrected chi connectivity index (χ2v) is 7.63. The number of fused-ring (bicyclic) bond motifs is 1. The summed E-state index contributed by atoms with van der Waals surface area (Å²) in [5.74, 6) is 0.765. The van der Waals surface area contributed by atoms with Crippen LogP contribution in [0.15, 0.2) is 60.5 Å². The van der Waals surface area contributed by atoms with E-state index in [1.165, 1.54) is 12.1 Å². The lowest BCUT2D eigenvalue weighted by Gasteiger charge is -2.24. The third kappa shape index (κ3) is 3.76. The molecule has 1 aromatic heterocycles. The molecule has 4 nitrogen and oxygen atoms in total. The van der Waals surface area contributed by atoms with Crippen LogP contribution in [0.4, 0.5) is 10.1 Å². The van der Waals surface area contributed by atoms with E-state index in [1.54, 1.807) is 30.6 Å². The zero-order valence-corrected chi connectivity index (χ0v) is 16.7. The maximum absolute atomic E-state index is 13.7. The van der Waals surface area contributed by atoms with Crippen LogP contribution in [0.2, 0.25) is 0 Å². The van der Waals surface area contributed by atoms with E-state index in [2.05, 4.69) is 11.9 Å². The zero-order chi connectivity index (χ0) is 20.4. The summed E-state index contributed by atoms with van der Waals surface area (Å²) in [6.45, 7) is 4.04. The molecule has 0 spiro atoms. The normalized spacial score (nSPS) is 15.4. The monoisotopic (exact) mass is 409 g/mol. The number of thiophene rings is 1. The molecule has 1 atom stereocenters. The van der Waals surface area contributed by atoms with Crippen molar-refractivity contribution >= 4 is 22.9 Å². The van der Waals surface area contributed by atoms with Crippen molar-refractivity contribution in [3.05, 3.63) is 76.8 Å². The molecule has 0 aliphatic carbocycles. The van der Waals surface area contributed by atoms with Gasteiger partial charge >= 0.3 is 0 Å². The fourth-order valence-corrected chi connectivity index (χ4v) is 4.69. The van der Waals surface area contributed by atoms with Crippen molar-refractivity contribution in [2.24, 2.45) is 0 Å². The van der Waals surface area contributed by atoms with Crippen LogP contribution in [0.3, 0.4) is 0 Å². The number of carbonyl (C=O) groups is 1. The van der Waals surface area contributed by atoms with Crippen LogP contribution in [0.25, 0.3) is 11.1 Å². The van der Waals surface area contributed by atoms with Gasteiger partial charge in [-0.25, -0.2) is 4.39 Å². The number of hydrogen-bond acceptors (Lipinski definition) is 4. The largest absolute Gasteiger partial charge is 0.493 e. The first-order valence-corrected chi connectivity index (χ1v) is 10.1. The van der Waals surface area contributed by atoms with Gasteiger partial charge in [0.25, 0.3) is 0 Å². The quantitative estimate of drug-likeness (QED) is 0.539. The topological polar surface area (TPSA) is 47.6 Å². The Bertz CT molecular complexity index is 1080. The first-order valence-electron chi connectivity index (χ1n) is 9.19. The Morgan fingerprint density at radius 3 is 2.90 bits per heavy atom. The summed E-state index contributed by atoms with van der Waals surface area (Å²) in [6, 6.07) is 12.1. The van der Waals surface area contributed by atoms with Gasteiger partial charge < -0.3 is 14.8 Å². The van der Waals surface area contributed by atoms with Crippen LogP contribution in [-0.2, 0) is 4.79 Å². The van der Waals surface area contributed by atoms with Crippen LogP contribution in [0.1, 0.15) is 22.8 Å². The molecule has 0 radical (unpaired) electrons. The van der Waals surface area contributed by atoms with Crippen molar-refractivity contribution in [3.8, 4) is 22.6 Å². The summed E-state index contributed by atoms with van der Waals surface area (Å²) >= 11 is 1.57. The Morgan fingerprint density at radius 1 is 1.28 bits per heavy atom. The lowest BCUT2D eigenvalue weighted by atomic mass is 9.89. The molecule has 0 saturated carbocycles. The summed E-state index contributed by atoms with van der Waals surface area (Å²) in [7, 11) is 1.59. The van der Waals surface area contributed by atoms with E-state index in [9.17, 15) is 9.18 Å². The molecule has 1 amide bonds. The van der Waals surface area contributed by atoms with Gasteiger partial charge in [0, 0.05) is 28.2 Å². The number of methoxy groups -OCH3 is 1. The average molecular weight is 409 g/mol. The number of hydrogen-bond donors (Lipinski definition) is 1. The summed E-state index contributed by atoms with van der Waals surface area (Å²) in [6.07, 6.45) is 2.01. The lowest BCUT2D eigenvalue weighted by molar-refractivity contribution is -0.116. The van der Waals surface area contributed by atoms with Crippen molar-refractivity contribution in [1.29, 1.82) is 0 Å². The van der Waals surface area contributed by atoms with E-state index in [-0.39, 0.29) is 17.6 Å². The second-order valence-electron chi connectivity index (χ2n) is 6.71. The summed E-state index contributed by atoms with van der Waals surface area (Å²) in [5.41, 5.74) is 3.30. The van der Waals surface area contributed by atoms with Crippen molar-refractivity contribution in [3.63, 3.8) is 0 Å². The van der Waals surface area contributed by atoms with Gasteiger partial charge in [-0.05, 0) is 35.4 Å². The van der Waals surface area contributed by atoms with E-state index < -0.39 is 0 Å². The Hall–Kier alpha value is -3.12. The average Bonchev–Trinajstić information content (AvgIpc) is 3.15. The van der Waals surface area contributed by atoms with Gasteiger partial charge in [0.05, 0.1) is 12.8 Å². The van der Waals surface area contributed by atoms with Gasteiger partial charge in [-0.15, -0.1) is 11.3 Å². The molecule has 0 saturated heterocycles. The summed E-state index contributed by atoms with van der Waals surface area (Å²) < 4.78 is 24.8. The molecule has 148 valence electrons. The van der Waals surface area contributed by atoms with Gasteiger partial charge in [-0.2, -0.15) is 0 Å². The number of amides is 1. The summed E-state index contributed by atoms with van der Waals surface area (Å²) in [5, 5.41) is 4.95. The highest BCUT2D eigenvalue weighted by Crippen LogP contribution is 2.47.